The quantitative estimate of drug-likeness (QED) is 0.730. The number of hydrogen-bond donors (Lipinski definition) is 2. The van der Waals surface area contributed by atoms with Gasteiger partial charge in [-0.3, -0.25) is 0 Å². The van der Waals surface area contributed by atoms with E-state index in [4.69, 9.17) is 4.52 Å². The Kier molecular flexibility index (Phi) is 7.82. The molecule has 2 rings (SSSR count). The van der Waals surface area contributed by atoms with Gasteiger partial charge in [0.1, 0.15) is 0 Å². The van der Waals surface area contributed by atoms with Crippen molar-refractivity contribution >= 4 is 22.4 Å². The largest absolute Gasteiger partial charge is 0.334 e. The molecule has 9 heteroatoms. The molecular formula is C15H23ClN4O3S. The molecule has 0 bridgehead atoms. The maximum atomic E-state index is 11.4. The Labute approximate surface area is 148 Å². The molecule has 0 aliphatic rings. The van der Waals surface area contributed by atoms with Crippen LogP contribution in [0.2, 0.25) is 0 Å². The van der Waals surface area contributed by atoms with E-state index in [1.54, 1.807) is 6.92 Å². The van der Waals surface area contributed by atoms with Crippen LogP contribution in [0.5, 0.6) is 0 Å². The van der Waals surface area contributed by atoms with Gasteiger partial charge >= 0.3 is 0 Å². The Balaban J connectivity index is 0.00000288. The first kappa shape index (κ1) is 20.6. The van der Waals surface area contributed by atoms with Gasteiger partial charge in [0, 0.05) is 24.6 Å². The minimum Gasteiger partial charge on any atom is -0.334 e. The number of rotatable bonds is 8. The van der Waals surface area contributed by atoms with Gasteiger partial charge in [0.2, 0.25) is 10.0 Å². The highest BCUT2D eigenvalue weighted by molar-refractivity contribution is 7.89. The average Bonchev–Trinajstić information content (AvgIpc) is 3.02. The van der Waals surface area contributed by atoms with Crippen LogP contribution >= 0.6 is 12.4 Å². The fourth-order valence-corrected chi connectivity index (χ4v) is 2.48. The van der Waals surface area contributed by atoms with Crippen molar-refractivity contribution < 1.29 is 12.9 Å². The highest BCUT2D eigenvalue weighted by Gasteiger charge is 2.11. The van der Waals surface area contributed by atoms with Crippen molar-refractivity contribution in [1.29, 1.82) is 0 Å². The standard InChI is InChI=1S/C15H22N4O3S.ClH/c1-4-23(20,21)17-10-12-5-7-13(8-6-12)15-18-14(19-22-15)9-11(2)16-3;/h5-8,11,16-17H,4,9-10H2,1-3H3;1H. The molecule has 0 fully saturated rings. The zero-order valence-corrected chi connectivity index (χ0v) is 15.6. The van der Waals surface area contributed by atoms with Crippen molar-refractivity contribution in [3.05, 3.63) is 35.7 Å². The number of halogens is 1. The molecule has 24 heavy (non-hydrogen) atoms. The summed E-state index contributed by atoms with van der Waals surface area (Å²) in [6.45, 7) is 3.92. The first-order valence-corrected chi connectivity index (χ1v) is 9.15. The van der Waals surface area contributed by atoms with E-state index in [-0.39, 0.29) is 30.7 Å². The molecule has 7 nitrogen and oxygen atoms in total. The van der Waals surface area contributed by atoms with Crippen LogP contribution in [0.1, 0.15) is 25.2 Å². The van der Waals surface area contributed by atoms with Gasteiger partial charge in [0.15, 0.2) is 5.82 Å². The highest BCUT2D eigenvalue weighted by atomic mass is 35.5. The summed E-state index contributed by atoms with van der Waals surface area (Å²) >= 11 is 0. The molecule has 2 aromatic rings. The van der Waals surface area contributed by atoms with Crippen LogP contribution in [0.3, 0.4) is 0 Å². The number of aromatic nitrogens is 2. The van der Waals surface area contributed by atoms with Crippen LogP contribution in [-0.2, 0) is 23.0 Å². The normalized spacial score (nSPS) is 12.6. The second-order valence-electron chi connectivity index (χ2n) is 5.33. The van der Waals surface area contributed by atoms with Crippen molar-refractivity contribution in [3.8, 4) is 11.5 Å². The Hall–Kier alpha value is -1.48. The molecule has 1 unspecified atom stereocenters. The molecule has 0 saturated carbocycles. The van der Waals surface area contributed by atoms with E-state index < -0.39 is 10.0 Å². The van der Waals surface area contributed by atoms with E-state index in [1.807, 2.05) is 38.2 Å². The predicted octanol–water partition coefficient (Wildman–Crippen LogP) is 1.75. The SMILES string of the molecule is CCS(=O)(=O)NCc1ccc(-c2nc(CC(C)NC)no2)cc1.Cl. The smallest absolute Gasteiger partial charge is 0.257 e. The summed E-state index contributed by atoms with van der Waals surface area (Å²) < 4.78 is 30.7. The molecule has 1 aromatic heterocycles. The zero-order chi connectivity index (χ0) is 16.9. The number of sulfonamides is 1. The van der Waals surface area contributed by atoms with Crippen LogP contribution in [0.4, 0.5) is 0 Å². The van der Waals surface area contributed by atoms with Gasteiger partial charge in [-0.15, -0.1) is 12.4 Å². The predicted molar refractivity (Wildman–Crippen MR) is 95.5 cm³/mol. The molecule has 1 aromatic carbocycles. The average molecular weight is 375 g/mol. The molecule has 0 radical (unpaired) electrons. The summed E-state index contributed by atoms with van der Waals surface area (Å²) in [6.07, 6.45) is 0.691. The summed E-state index contributed by atoms with van der Waals surface area (Å²) in [7, 11) is -1.30. The van der Waals surface area contributed by atoms with E-state index in [1.165, 1.54) is 0 Å². The molecule has 0 saturated heterocycles. The van der Waals surface area contributed by atoms with Crippen molar-refractivity contribution in [1.82, 2.24) is 20.2 Å². The lowest BCUT2D eigenvalue weighted by Crippen LogP contribution is -2.24. The van der Waals surface area contributed by atoms with E-state index in [9.17, 15) is 8.42 Å². The van der Waals surface area contributed by atoms with E-state index in [0.717, 1.165) is 11.1 Å². The maximum Gasteiger partial charge on any atom is 0.257 e. The number of benzene rings is 1. The third-order valence-electron chi connectivity index (χ3n) is 3.53. The van der Waals surface area contributed by atoms with Gasteiger partial charge in [-0.05, 0) is 38.6 Å². The highest BCUT2D eigenvalue weighted by Crippen LogP contribution is 2.18. The minimum absolute atomic E-state index is 0. The van der Waals surface area contributed by atoms with Crippen LogP contribution < -0.4 is 10.0 Å². The van der Waals surface area contributed by atoms with Gasteiger partial charge < -0.3 is 9.84 Å². The lowest BCUT2D eigenvalue weighted by Gasteiger charge is -2.05. The Morgan fingerprint density at radius 3 is 2.50 bits per heavy atom. The summed E-state index contributed by atoms with van der Waals surface area (Å²) in [5.41, 5.74) is 1.68. The second kappa shape index (κ2) is 9.12. The zero-order valence-electron chi connectivity index (χ0n) is 13.9. The molecule has 0 amide bonds. The molecule has 0 aliphatic carbocycles. The first-order chi connectivity index (χ1) is 10.9. The Morgan fingerprint density at radius 1 is 1.25 bits per heavy atom. The first-order valence-electron chi connectivity index (χ1n) is 7.50. The van der Waals surface area contributed by atoms with E-state index in [2.05, 4.69) is 20.2 Å². The fourth-order valence-electron chi connectivity index (χ4n) is 1.89. The summed E-state index contributed by atoms with van der Waals surface area (Å²) in [4.78, 5) is 4.37. The summed E-state index contributed by atoms with van der Waals surface area (Å²) in [5.74, 6) is 1.19. The molecule has 0 aliphatic heterocycles. The molecule has 1 atom stereocenters. The van der Waals surface area contributed by atoms with Gasteiger partial charge in [0.05, 0.1) is 5.75 Å². The van der Waals surface area contributed by atoms with Crippen LogP contribution in [0.25, 0.3) is 11.5 Å². The van der Waals surface area contributed by atoms with Crippen LogP contribution in [0, 0.1) is 0 Å². The fraction of sp³-hybridized carbons (Fsp3) is 0.467. The van der Waals surface area contributed by atoms with Crippen molar-refractivity contribution in [2.45, 2.75) is 32.9 Å². The number of likely N-dealkylation sites (N-methyl/N-ethyl adjacent to an activating group) is 1. The van der Waals surface area contributed by atoms with Gasteiger partial charge in [-0.1, -0.05) is 17.3 Å². The Bertz CT molecular complexity index is 731. The van der Waals surface area contributed by atoms with Crippen LogP contribution in [0.15, 0.2) is 28.8 Å². The number of hydrogen-bond acceptors (Lipinski definition) is 6. The summed E-state index contributed by atoms with van der Waals surface area (Å²) in [6, 6.07) is 7.64. The molecule has 2 N–H and O–H groups in total. The number of nitrogens with zero attached hydrogens (tertiary/aromatic N) is 2. The van der Waals surface area contributed by atoms with E-state index in [0.29, 0.717) is 18.1 Å². The molecule has 0 spiro atoms. The monoisotopic (exact) mass is 374 g/mol. The van der Waals surface area contributed by atoms with Crippen molar-refractivity contribution in [3.63, 3.8) is 0 Å². The lowest BCUT2D eigenvalue weighted by molar-refractivity contribution is 0.418. The maximum absolute atomic E-state index is 11.4. The second-order valence-corrected chi connectivity index (χ2v) is 7.43. The molecule has 1 heterocycles. The van der Waals surface area contributed by atoms with Crippen molar-refractivity contribution in [2.75, 3.05) is 12.8 Å². The topological polar surface area (TPSA) is 97.1 Å². The van der Waals surface area contributed by atoms with Gasteiger partial charge in [-0.2, -0.15) is 4.98 Å². The molecular weight excluding hydrogens is 352 g/mol. The van der Waals surface area contributed by atoms with Crippen LogP contribution in [-0.4, -0.2) is 37.4 Å². The third kappa shape index (κ3) is 5.86. The molecule has 134 valence electrons. The third-order valence-corrected chi connectivity index (χ3v) is 4.87. The summed E-state index contributed by atoms with van der Waals surface area (Å²) in [5, 5.41) is 7.09. The van der Waals surface area contributed by atoms with Crippen molar-refractivity contribution in [2.24, 2.45) is 0 Å². The lowest BCUT2D eigenvalue weighted by atomic mass is 10.1. The Morgan fingerprint density at radius 2 is 1.92 bits per heavy atom. The van der Waals surface area contributed by atoms with Gasteiger partial charge in [-0.25, -0.2) is 13.1 Å². The van der Waals surface area contributed by atoms with Gasteiger partial charge in [0.25, 0.3) is 5.89 Å². The van der Waals surface area contributed by atoms with E-state index >= 15 is 0 Å². The minimum atomic E-state index is -3.19. The number of nitrogens with one attached hydrogen (secondary N) is 2.